The Balaban J connectivity index is 1.47. The molecule has 2 amide bonds. The van der Waals surface area contributed by atoms with Gasteiger partial charge in [-0.2, -0.15) is 5.10 Å². The van der Waals surface area contributed by atoms with Crippen molar-refractivity contribution in [3.63, 3.8) is 0 Å². The first-order valence-electron chi connectivity index (χ1n) is 13.5. The number of likely N-dealkylation sites (tertiary alicyclic amines) is 1. The number of ketones is 1. The van der Waals surface area contributed by atoms with E-state index in [0.29, 0.717) is 48.1 Å². The van der Waals surface area contributed by atoms with Crippen LogP contribution in [0.2, 0.25) is 0 Å². The van der Waals surface area contributed by atoms with E-state index in [0.717, 1.165) is 11.1 Å². The first-order chi connectivity index (χ1) is 19.0. The normalized spacial score (nSPS) is 17.5. The number of aromatic nitrogens is 2. The first-order valence-corrected chi connectivity index (χ1v) is 13.5. The lowest BCUT2D eigenvalue weighted by molar-refractivity contribution is -0.134. The maximum absolute atomic E-state index is 14.0. The average molecular weight is 547 g/mol. The second-order valence-electron chi connectivity index (χ2n) is 10.8. The molecular weight excluding hydrogens is 511 g/mol. The highest BCUT2D eigenvalue weighted by Crippen LogP contribution is 2.40. The lowest BCUT2D eigenvalue weighted by Gasteiger charge is -2.34. The predicted octanol–water partition coefficient (Wildman–Crippen LogP) is 4.19. The molecule has 4 rings (SSSR count). The van der Waals surface area contributed by atoms with E-state index in [4.69, 9.17) is 0 Å². The molecule has 9 heteroatoms. The van der Waals surface area contributed by atoms with Crippen LogP contribution >= 0.6 is 0 Å². The van der Waals surface area contributed by atoms with E-state index in [2.05, 4.69) is 15.5 Å². The molecule has 1 fully saturated rings. The Morgan fingerprint density at radius 3 is 2.58 bits per heavy atom. The highest BCUT2D eigenvalue weighted by Gasteiger charge is 2.40. The summed E-state index contributed by atoms with van der Waals surface area (Å²) in [4.78, 5) is 52.2. The van der Waals surface area contributed by atoms with Gasteiger partial charge in [0.25, 0.3) is 11.5 Å². The van der Waals surface area contributed by atoms with Gasteiger partial charge in [0.2, 0.25) is 5.91 Å². The lowest BCUT2D eigenvalue weighted by atomic mass is 9.94. The quantitative estimate of drug-likeness (QED) is 0.418. The van der Waals surface area contributed by atoms with Gasteiger partial charge in [0, 0.05) is 30.0 Å². The number of amides is 2. The summed E-state index contributed by atoms with van der Waals surface area (Å²) in [5.41, 5.74) is 3.90. The Hall–Kier alpha value is -4.14. The van der Waals surface area contributed by atoms with Crippen LogP contribution in [0.15, 0.2) is 53.3 Å². The van der Waals surface area contributed by atoms with Gasteiger partial charge < -0.3 is 15.0 Å². The Labute approximate surface area is 233 Å². The van der Waals surface area contributed by atoms with Crippen molar-refractivity contribution < 1.29 is 18.8 Å². The van der Waals surface area contributed by atoms with Gasteiger partial charge >= 0.3 is 0 Å². The van der Waals surface area contributed by atoms with Crippen molar-refractivity contribution in [3.8, 4) is 0 Å². The van der Waals surface area contributed by atoms with Crippen LogP contribution < -0.4 is 10.9 Å². The number of nitrogens with one attached hydrogen (secondary N) is 2. The molecule has 3 aromatic rings. The number of Topliss-reactive ketones (excluding diaryl/α,β-unsaturated/α-hetero) is 1. The molecular formula is C31H35FN4O4. The zero-order valence-electron chi connectivity index (χ0n) is 23.3. The summed E-state index contributed by atoms with van der Waals surface area (Å²) in [5, 5.41) is 9.12. The van der Waals surface area contributed by atoms with Crippen molar-refractivity contribution in [3.05, 3.63) is 98.2 Å². The Morgan fingerprint density at radius 1 is 1.10 bits per heavy atom. The zero-order chi connectivity index (χ0) is 29.0. The van der Waals surface area contributed by atoms with Crippen LogP contribution in [0.1, 0.15) is 77.5 Å². The molecule has 1 aliphatic rings. The third kappa shape index (κ3) is 6.70. The molecule has 2 aromatic carbocycles. The number of benzene rings is 2. The molecule has 0 saturated carbocycles. The van der Waals surface area contributed by atoms with E-state index >= 15 is 0 Å². The van der Waals surface area contributed by atoms with Crippen molar-refractivity contribution in [2.45, 2.75) is 65.5 Å². The van der Waals surface area contributed by atoms with Crippen LogP contribution in [-0.4, -0.2) is 45.3 Å². The number of nitrogens with zero attached hydrogens (tertiary/aromatic N) is 2. The van der Waals surface area contributed by atoms with Crippen molar-refractivity contribution in [1.82, 2.24) is 20.4 Å². The fourth-order valence-corrected chi connectivity index (χ4v) is 5.67. The summed E-state index contributed by atoms with van der Waals surface area (Å²) in [5.74, 6) is -1.07. The number of hydrogen-bond donors (Lipinski definition) is 2. The van der Waals surface area contributed by atoms with Gasteiger partial charge in [0.15, 0.2) is 0 Å². The third-order valence-electron chi connectivity index (χ3n) is 7.61. The van der Waals surface area contributed by atoms with E-state index in [1.54, 1.807) is 48.2 Å². The van der Waals surface area contributed by atoms with E-state index in [-0.39, 0.29) is 47.6 Å². The number of rotatable bonds is 9. The largest absolute Gasteiger partial charge is 0.343 e. The number of carbonyl (C=O) groups excluding carboxylic acids is 3. The molecule has 2 heterocycles. The molecule has 3 atom stereocenters. The maximum Gasteiger partial charge on any atom is 0.267 e. The smallest absolute Gasteiger partial charge is 0.267 e. The summed E-state index contributed by atoms with van der Waals surface area (Å²) in [6, 6.07) is 12.7. The summed E-state index contributed by atoms with van der Waals surface area (Å²) in [6.07, 6.45) is 2.08. The molecule has 0 unspecified atom stereocenters. The molecule has 0 aliphatic carbocycles. The Morgan fingerprint density at radius 2 is 1.88 bits per heavy atom. The number of hydrogen-bond acceptors (Lipinski definition) is 5. The highest BCUT2D eigenvalue weighted by atomic mass is 19.1. The first kappa shape index (κ1) is 28.9. The SMILES string of the molecule is CC(=O)C[C@@H](C)[C@H]1CC[C@@H](c2cccc(F)c2)N1C(=O)CNC(=O)c1ccc(Cc2cc(C)n[nH]c2=O)c(C)c1. The van der Waals surface area contributed by atoms with Crippen molar-refractivity contribution in [1.29, 1.82) is 0 Å². The highest BCUT2D eigenvalue weighted by molar-refractivity contribution is 5.96. The molecule has 2 N–H and O–H groups in total. The van der Waals surface area contributed by atoms with Crippen molar-refractivity contribution in [2.75, 3.05) is 6.54 Å². The fraction of sp³-hybridized carbons (Fsp3) is 0.387. The second kappa shape index (κ2) is 12.4. The molecule has 0 bridgehead atoms. The summed E-state index contributed by atoms with van der Waals surface area (Å²) >= 11 is 0. The number of halogens is 1. The number of carbonyl (C=O) groups is 3. The molecule has 210 valence electrons. The third-order valence-corrected chi connectivity index (χ3v) is 7.61. The predicted molar refractivity (Wildman–Crippen MR) is 149 cm³/mol. The molecule has 1 aromatic heterocycles. The fourth-order valence-electron chi connectivity index (χ4n) is 5.67. The summed E-state index contributed by atoms with van der Waals surface area (Å²) in [7, 11) is 0. The van der Waals surface area contributed by atoms with Gasteiger partial charge in [-0.15, -0.1) is 0 Å². The Bertz CT molecular complexity index is 1480. The maximum atomic E-state index is 14.0. The average Bonchev–Trinajstić information content (AvgIpc) is 3.35. The van der Waals surface area contributed by atoms with E-state index in [1.807, 2.05) is 13.8 Å². The summed E-state index contributed by atoms with van der Waals surface area (Å²) in [6.45, 7) is 6.93. The minimum absolute atomic E-state index is 0.0462. The topological polar surface area (TPSA) is 112 Å². The van der Waals surface area contributed by atoms with Crippen LogP contribution in [0.5, 0.6) is 0 Å². The van der Waals surface area contributed by atoms with Crippen LogP contribution in [0.3, 0.4) is 0 Å². The van der Waals surface area contributed by atoms with Crippen molar-refractivity contribution >= 4 is 17.6 Å². The molecule has 0 spiro atoms. The van der Waals surface area contributed by atoms with Gasteiger partial charge in [-0.1, -0.05) is 25.1 Å². The van der Waals surface area contributed by atoms with Crippen molar-refractivity contribution in [2.24, 2.45) is 5.92 Å². The monoisotopic (exact) mass is 546 g/mol. The van der Waals surface area contributed by atoms with Gasteiger partial charge in [-0.25, -0.2) is 9.49 Å². The van der Waals surface area contributed by atoms with Crippen LogP contribution in [0, 0.1) is 25.6 Å². The number of aromatic amines is 1. The van der Waals surface area contributed by atoms with Gasteiger partial charge in [-0.05, 0) is 86.6 Å². The standard InChI is InChI=1S/C31H35FN4O4/c1-18-13-24(9-8-22(18)15-25-14-20(3)34-35-31(25)40)30(39)33-17-29(38)36-27(19(2)12-21(4)37)10-11-28(36)23-6-5-7-26(32)16-23/h5-9,13-14,16,19,27-28H,10-12,15,17H2,1-4H3,(H,33,39)(H,35,40)/t19-,27-,28+/m1/s1. The molecule has 0 radical (unpaired) electrons. The lowest BCUT2D eigenvalue weighted by Crippen LogP contribution is -2.46. The van der Waals surface area contributed by atoms with Gasteiger partial charge in [-0.3, -0.25) is 14.4 Å². The molecule has 1 aliphatic heterocycles. The number of aryl methyl sites for hydroxylation is 2. The van der Waals surface area contributed by atoms with Crippen LogP contribution in [0.25, 0.3) is 0 Å². The zero-order valence-corrected chi connectivity index (χ0v) is 23.3. The molecule has 40 heavy (non-hydrogen) atoms. The van der Waals surface area contributed by atoms with Gasteiger partial charge in [0.05, 0.1) is 18.3 Å². The second-order valence-corrected chi connectivity index (χ2v) is 10.8. The van der Waals surface area contributed by atoms with Crippen LogP contribution in [-0.2, 0) is 16.0 Å². The van der Waals surface area contributed by atoms with E-state index < -0.39 is 5.91 Å². The van der Waals surface area contributed by atoms with Crippen LogP contribution in [0.4, 0.5) is 4.39 Å². The van der Waals surface area contributed by atoms with E-state index in [9.17, 15) is 23.6 Å². The van der Waals surface area contributed by atoms with E-state index in [1.165, 1.54) is 19.1 Å². The minimum Gasteiger partial charge on any atom is -0.343 e. The molecule has 1 saturated heterocycles. The van der Waals surface area contributed by atoms with Gasteiger partial charge in [0.1, 0.15) is 11.6 Å². The Kier molecular flexibility index (Phi) is 8.92. The summed E-state index contributed by atoms with van der Waals surface area (Å²) < 4.78 is 14.0. The molecule has 8 nitrogen and oxygen atoms in total. The minimum atomic E-state index is -0.393. The number of H-pyrrole nitrogens is 1.